The molecule has 0 spiro atoms. The van der Waals surface area contributed by atoms with E-state index in [1.165, 1.54) is 23.9 Å². The minimum Gasteiger partial charge on any atom is -0.508 e. The van der Waals surface area contributed by atoms with Gasteiger partial charge in [0.25, 0.3) is 11.3 Å². The minimum atomic E-state index is -1.67. The van der Waals surface area contributed by atoms with Gasteiger partial charge >= 0.3 is 0 Å². The van der Waals surface area contributed by atoms with E-state index >= 15 is 0 Å². The average Bonchev–Trinajstić information content (AvgIpc) is 2.66. The predicted octanol–water partition coefficient (Wildman–Crippen LogP) is 3.80. The molecule has 90 valence electrons. The molecule has 2 rings (SSSR count). The zero-order valence-corrected chi connectivity index (χ0v) is 9.51. The molecule has 0 aliphatic carbocycles. The maximum absolute atomic E-state index is 11.8. The Morgan fingerprint density at radius 3 is 3.06 bits per heavy atom. The zero-order valence-electron chi connectivity index (χ0n) is 8.69. The lowest BCUT2D eigenvalue weighted by Crippen LogP contribution is -1.76. The van der Waals surface area contributed by atoms with Crippen molar-refractivity contribution in [1.82, 2.24) is 4.98 Å². The summed E-state index contributed by atoms with van der Waals surface area (Å²) in [4.78, 5) is 4.15. The summed E-state index contributed by atoms with van der Waals surface area (Å²) in [5.74, 6) is 0.573. The normalized spacial score (nSPS) is 10.7. The number of allylic oxidation sites excluding steroid dienone is 1. The fraction of sp³-hybridized carbons (Fsp3) is 0.182. The molecule has 1 heterocycles. The van der Waals surface area contributed by atoms with Gasteiger partial charge < -0.3 is 9.52 Å². The number of aromatic hydroxyl groups is 1. The van der Waals surface area contributed by atoms with Gasteiger partial charge in [-0.2, -0.15) is 8.78 Å². The first-order valence-corrected chi connectivity index (χ1v) is 5.87. The number of hydrogen-bond donors (Lipinski definition) is 1. The van der Waals surface area contributed by atoms with Gasteiger partial charge in [-0.15, -0.1) is 0 Å². The third-order valence-electron chi connectivity index (χ3n) is 1.99. The van der Waals surface area contributed by atoms with Crippen molar-refractivity contribution in [2.45, 2.75) is 11.6 Å². The van der Waals surface area contributed by atoms with Crippen LogP contribution in [0.1, 0.15) is 6.42 Å². The van der Waals surface area contributed by atoms with E-state index < -0.39 is 6.08 Å². The SMILES string of the molecule is Oc1ccc2nc(SCCC=C(F)F)oc2c1. The highest BCUT2D eigenvalue weighted by Crippen LogP contribution is 2.26. The third kappa shape index (κ3) is 3.20. The van der Waals surface area contributed by atoms with Gasteiger partial charge in [0, 0.05) is 11.8 Å². The molecule has 0 radical (unpaired) electrons. The van der Waals surface area contributed by atoms with Gasteiger partial charge in [-0.3, -0.25) is 0 Å². The van der Waals surface area contributed by atoms with Crippen LogP contribution in [0, 0.1) is 0 Å². The monoisotopic (exact) mass is 257 g/mol. The molecule has 0 unspecified atom stereocenters. The molecule has 0 aliphatic rings. The molecule has 0 fully saturated rings. The number of thioether (sulfide) groups is 1. The lowest BCUT2D eigenvalue weighted by atomic mass is 10.3. The van der Waals surface area contributed by atoms with E-state index in [2.05, 4.69) is 4.98 Å². The van der Waals surface area contributed by atoms with Crippen LogP contribution in [-0.2, 0) is 0 Å². The van der Waals surface area contributed by atoms with E-state index in [0.29, 0.717) is 22.1 Å². The van der Waals surface area contributed by atoms with Crippen LogP contribution in [0.15, 0.2) is 40.0 Å². The van der Waals surface area contributed by atoms with Crippen molar-refractivity contribution < 1.29 is 18.3 Å². The smallest absolute Gasteiger partial charge is 0.266 e. The number of nitrogens with zero attached hydrogens (tertiary/aromatic N) is 1. The van der Waals surface area contributed by atoms with Crippen LogP contribution in [0.25, 0.3) is 11.1 Å². The van der Waals surface area contributed by atoms with E-state index in [1.807, 2.05) is 0 Å². The number of halogens is 2. The van der Waals surface area contributed by atoms with E-state index in [4.69, 9.17) is 4.42 Å². The molecule has 0 bridgehead atoms. The fourth-order valence-corrected chi connectivity index (χ4v) is 1.99. The molecule has 17 heavy (non-hydrogen) atoms. The highest BCUT2D eigenvalue weighted by atomic mass is 32.2. The van der Waals surface area contributed by atoms with Crippen molar-refractivity contribution in [2.24, 2.45) is 0 Å². The quantitative estimate of drug-likeness (QED) is 0.668. The van der Waals surface area contributed by atoms with Crippen molar-refractivity contribution in [3.8, 4) is 5.75 Å². The van der Waals surface area contributed by atoms with Crippen LogP contribution in [0.4, 0.5) is 8.78 Å². The molecule has 6 heteroatoms. The summed E-state index contributed by atoms with van der Waals surface area (Å²) >= 11 is 1.26. The Hall–Kier alpha value is -1.56. The average molecular weight is 257 g/mol. The summed E-state index contributed by atoms with van der Waals surface area (Å²) in [5, 5.41) is 9.64. The van der Waals surface area contributed by atoms with Gasteiger partial charge in [0.2, 0.25) is 0 Å². The topological polar surface area (TPSA) is 46.3 Å². The maximum Gasteiger partial charge on any atom is 0.266 e. The van der Waals surface area contributed by atoms with Gasteiger partial charge in [-0.25, -0.2) is 4.98 Å². The number of fused-ring (bicyclic) bond motifs is 1. The molecule has 2 aromatic rings. The molecule has 0 atom stereocenters. The van der Waals surface area contributed by atoms with Crippen LogP contribution in [-0.4, -0.2) is 15.8 Å². The first-order valence-electron chi connectivity index (χ1n) is 4.88. The molecule has 0 aliphatic heterocycles. The fourth-order valence-electron chi connectivity index (χ4n) is 1.27. The molecule has 0 saturated carbocycles. The summed E-state index contributed by atoms with van der Waals surface area (Å²) in [5.41, 5.74) is 1.12. The van der Waals surface area contributed by atoms with E-state index in [1.54, 1.807) is 6.07 Å². The van der Waals surface area contributed by atoms with E-state index in [-0.39, 0.29) is 12.2 Å². The molecule has 0 amide bonds. The summed E-state index contributed by atoms with van der Waals surface area (Å²) in [6, 6.07) is 4.62. The molecule has 0 saturated heterocycles. The van der Waals surface area contributed by atoms with Crippen LogP contribution >= 0.6 is 11.8 Å². The first-order chi connectivity index (χ1) is 8.15. The second-order valence-corrected chi connectivity index (χ2v) is 4.31. The van der Waals surface area contributed by atoms with Gasteiger partial charge in [0.1, 0.15) is 11.3 Å². The summed E-state index contributed by atoms with van der Waals surface area (Å²) in [6.07, 6.45) is -0.550. The zero-order chi connectivity index (χ0) is 12.3. The maximum atomic E-state index is 11.8. The van der Waals surface area contributed by atoms with E-state index in [9.17, 15) is 13.9 Å². The van der Waals surface area contributed by atoms with E-state index in [0.717, 1.165) is 6.08 Å². The number of benzene rings is 1. The number of phenols is 1. The number of rotatable bonds is 4. The molecule has 3 nitrogen and oxygen atoms in total. The van der Waals surface area contributed by atoms with Crippen molar-refractivity contribution in [3.05, 3.63) is 30.4 Å². The van der Waals surface area contributed by atoms with Crippen LogP contribution in [0.2, 0.25) is 0 Å². The Balaban J connectivity index is 2.02. The first kappa shape index (κ1) is 11.9. The largest absolute Gasteiger partial charge is 0.508 e. The molecular weight excluding hydrogens is 248 g/mol. The van der Waals surface area contributed by atoms with Gasteiger partial charge in [-0.05, 0) is 24.6 Å². The van der Waals surface area contributed by atoms with Crippen molar-refractivity contribution in [2.75, 3.05) is 5.75 Å². The second kappa shape index (κ2) is 5.18. The Morgan fingerprint density at radius 1 is 1.47 bits per heavy atom. The predicted molar refractivity (Wildman–Crippen MR) is 61.3 cm³/mol. The van der Waals surface area contributed by atoms with Crippen molar-refractivity contribution in [1.29, 1.82) is 0 Å². The van der Waals surface area contributed by atoms with Gasteiger partial charge in [0.15, 0.2) is 5.58 Å². The molecule has 1 N–H and O–H groups in total. The number of phenolic OH excluding ortho intramolecular Hbond substituents is 1. The Kier molecular flexibility index (Phi) is 3.63. The number of hydrogen-bond acceptors (Lipinski definition) is 4. The summed E-state index contributed by atoms with van der Waals surface area (Å²) in [6.45, 7) is 0. The van der Waals surface area contributed by atoms with Crippen molar-refractivity contribution >= 4 is 22.9 Å². The van der Waals surface area contributed by atoms with Crippen LogP contribution < -0.4 is 0 Å². The molecule has 1 aromatic carbocycles. The molecule has 1 aromatic heterocycles. The Labute approximate surface area is 100 Å². The highest BCUT2D eigenvalue weighted by Gasteiger charge is 2.06. The van der Waals surface area contributed by atoms with Crippen LogP contribution in [0.3, 0.4) is 0 Å². The molecular formula is C11H9F2NO2S. The summed E-state index contributed by atoms with van der Waals surface area (Å²) < 4.78 is 28.9. The standard InChI is InChI=1S/C11H9F2NO2S/c12-10(13)2-1-5-17-11-14-8-4-3-7(15)6-9(8)16-11/h2-4,6,15H,1,5H2. The third-order valence-corrected chi connectivity index (χ3v) is 2.86. The summed E-state index contributed by atoms with van der Waals surface area (Å²) in [7, 11) is 0. The van der Waals surface area contributed by atoms with Crippen LogP contribution in [0.5, 0.6) is 5.75 Å². The van der Waals surface area contributed by atoms with Gasteiger partial charge in [-0.1, -0.05) is 11.8 Å². The van der Waals surface area contributed by atoms with Crippen molar-refractivity contribution in [3.63, 3.8) is 0 Å². The second-order valence-electron chi connectivity index (χ2n) is 3.26. The van der Waals surface area contributed by atoms with Gasteiger partial charge in [0.05, 0.1) is 0 Å². The number of oxazole rings is 1. The lowest BCUT2D eigenvalue weighted by Gasteiger charge is -1.90. The highest BCUT2D eigenvalue weighted by molar-refractivity contribution is 7.99. The Bertz CT molecular complexity index is 549. The Morgan fingerprint density at radius 2 is 2.29 bits per heavy atom. The number of aromatic nitrogens is 1. The minimum absolute atomic E-state index is 0.104. The lowest BCUT2D eigenvalue weighted by molar-refractivity contribution is 0.418.